The minimum atomic E-state index is -0.405. The van der Waals surface area contributed by atoms with Gasteiger partial charge in [0.05, 0.1) is 19.3 Å². The standard InChI is InChI=1S/C12H25NO2/c1-6-9(2)10(3)13-11-7-14-12(4,5)15-8-11/h9-11,13H,6-8H2,1-5H3. The van der Waals surface area contributed by atoms with Gasteiger partial charge in [-0.1, -0.05) is 20.3 Å². The molecule has 1 saturated heterocycles. The molecule has 0 amide bonds. The van der Waals surface area contributed by atoms with Crippen LogP contribution in [-0.4, -0.2) is 31.1 Å². The Labute approximate surface area is 93.5 Å². The Morgan fingerprint density at radius 2 is 1.80 bits per heavy atom. The minimum Gasteiger partial charge on any atom is -0.349 e. The van der Waals surface area contributed by atoms with Crippen molar-refractivity contribution >= 4 is 0 Å². The maximum absolute atomic E-state index is 5.61. The summed E-state index contributed by atoms with van der Waals surface area (Å²) >= 11 is 0. The first kappa shape index (κ1) is 12.9. The van der Waals surface area contributed by atoms with Gasteiger partial charge in [0.2, 0.25) is 0 Å². The fraction of sp³-hybridized carbons (Fsp3) is 1.00. The molecular weight excluding hydrogens is 190 g/mol. The predicted molar refractivity (Wildman–Crippen MR) is 61.8 cm³/mol. The van der Waals surface area contributed by atoms with Gasteiger partial charge in [0, 0.05) is 6.04 Å². The third kappa shape index (κ3) is 4.09. The molecule has 15 heavy (non-hydrogen) atoms. The lowest BCUT2D eigenvalue weighted by Gasteiger charge is -2.37. The second-order valence-corrected chi connectivity index (χ2v) is 5.06. The fourth-order valence-electron chi connectivity index (χ4n) is 1.68. The van der Waals surface area contributed by atoms with Gasteiger partial charge in [-0.3, -0.25) is 0 Å². The van der Waals surface area contributed by atoms with Crippen LogP contribution in [0.5, 0.6) is 0 Å². The Morgan fingerprint density at radius 1 is 1.27 bits per heavy atom. The van der Waals surface area contributed by atoms with E-state index in [1.807, 2.05) is 13.8 Å². The number of hydrogen-bond donors (Lipinski definition) is 1. The molecule has 0 spiro atoms. The van der Waals surface area contributed by atoms with Crippen molar-refractivity contribution in [2.45, 2.75) is 58.9 Å². The molecule has 0 saturated carbocycles. The van der Waals surface area contributed by atoms with Crippen molar-refractivity contribution in [1.82, 2.24) is 5.32 Å². The van der Waals surface area contributed by atoms with Gasteiger partial charge in [-0.05, 0) is 26.7 Å². The van der Waals surface area contributed by atoms with Crippen LogP contribution in [0, 0.1) is 5.92 Å². The largest absolute Gasteiger partial charge is 0.349 e. The summed E-state index contributed by atoms with van der Waals surface area (Å²) < 4.78 is 11.2. The molecule has 1 rings (SSSR count). The Balaban J connectivity index is 2.29. The zero-order valence-corrected chi connectivity index (χ0v) is 10.7. The fourth-order valence-corrected chi connectivity index (χ4v) is 1.68. The lowest BCUT2D eigenvalue weighted by Crippen LogP contribution is -2.52. The van der Waals surface area contributed by atoms with Crippen LogP contribution in [0.15, 0.2) is 0 Å². The highest BCUT2D eigenvalue weighted by Gasteiger charge is 2.29. The lowest BCUT2D eigenvalue weighted by atomic mass is 10.00. The van der Waals surface area contributed by atoms with Crippen molar-refractivity contribution in [2.24, 2.45) is 5.92 Å². The summed E-state index contributed by atoms with van der Waals surface area (Å²) in [6.07, 6.45) is 1.20. The number of nitrogens with one attached hydrogen (secondary N) is 1. The van der Waals surface area contributed by atoms with Gasteiger partial charge in [-0.15, -0.1) is 0 Å². The van der Waals surface area contributed by atoms with Crippen LogP contribution < -0.4 is 5.32 Å². The molecule has 0 aliphatic carbocycles. The summed E-state index contributed by atoms with van der Waals surface area (Å²) in [5, 5.41) is 3.56. The summed E-state index contributed by atoms with van der Waals surface area (Å²) in [5.74, 6) is 0.289. The van der Waals surface area contributed by atoms with Crippen molar-refractivity contribution in [1.29, 1.82) is 0 Å². The quantitative estimate of drug-likeness (QED) is 0.779. The van der Waals surface area contributed by atoms with E-state index in [4.69, 9.17) is 9.47 Å². The lowest BCUT2D eigenvalue weighted by molar-refractivity contribution is -0.253. The van der Waals surface area contributed by atoms with Crippen LogP contribution >= 0.6 is 0 Å². The maximum atomic E-state index is 5.61. The van der Waals surface area contributed by atoms with Crippen LogP contribution in [-0.2, 0) is 9.47 Å². The summed E-state index contributed by atoms with van der Waals surface area (Å²) in [4.78, 5) is 0. The molecule has 1 aliphatic rings. The zero-order valence-electron chi connectivity index (χ0n) is 10.7. The number of rotatable bonds is 4. The molecule has 1 heterocycles. The predicted octanol–water partition coefficient (Wildman–Crippen LogP) is 2.16. The molecule has 2 atom stereocenters. The molecule has 0 aromatic carbocycles. The van der Waals surface area contributed by atoms with E-state index in [1.165, 1.54) is 6.42 Å². The second-order valence-electron chi connectivity index (χ2n) is 5.06. The third-order valence-electron chi connectivity index (χ3n) is 3.26. The summed E-state index contributed by atoms with van der Waals surface area (Å²) in [6, 6.07) is 0.857. The van der Waals surface area contributed by atoms with E-state index >= 15 is 0 Å². The highest BCUT2D eigenvalue weighted by Crippen LogP contribution is 2.18. The van der Waals surface area contributed by atoms with Gasteiger partial charge in [-0.25, -0.2) is 0 Å². The third-order valence-corrected chi connectivity index (χ3v) is 3.26. The van der Waals surface area contributed by atoms with Gasteiger partial charge in [0.15, 0.2) is 5.79 Å². The summed E-state index contributed by atoms with van der Waals surface area (Å²) in [5.41, 5.74) is 0. The molecule has 1 fully saturated rings. The summed E-state index contributed by atoms with van der Waals surface area (Å²) in [6.45, 7) is 12.1. The SMILES string of the molecule is CCC(C)C(C)NC1COC(C)(C)OC1. The summed E-state index contributed by atoms with van der Waals surface area (Å²) in [7, 11) is 0. The maximum Gasteiger partial charge on any atom is 0.162 e. The molecule has 3 heteroatoms. The van der Waals surface area contributed by atoms with E-state index in [0.29, 0.717) is 18.0 Å². The van der Waals surface area contributed by atoms with Crippen molar-refractivity contribution < 1.29 is 9.47 Å². The molecule has 2 unspecified atom stereocenters. The molecule has 90 valence electrons. The average molecular weight is 215 g/mol. The first-order chi connectivity index (χ1) is 6.94. The van der Waals surface area contributed by atoms with Crippen LogP contribution in [0.25, 0.3) is 0 Å². The molecule has 1 aliphatic heterocycles. The van der Waals surface area contributed by atoms with Gasteiger partial charge in [0.25, 0.3) is 0 Å². The molecule has 0 radical (unpaired) electrons. The Kier molecular flexibility index (Phi) is 4.56. The number of hydrogen-bond acceptors (Lipinski definition) is 3. The van der Waals surface area contributed by atoms with E-state index in [-0.39, 0.29) is 0 Å². The first-order valence-corrected chi connectivity index (χ1v) is 5.98. The zero-order chi connectivity index (χ0) is 11.5. The van der Waals surface area contributed by atoms with Gasteiger partial charge >= 0.3 is 0 Å². The van der Waals surface area contributed by atoms with E-state index < -0.39 is 5.79 Å². The van der Waals surface area contributed by atoms with Crippen molar-refractivity contribution in [2.75, 3.05) is 13.2 Å². The molecule has 3 nitrogen and oxygen atoms in total. The molecule has 0 bridgehead atoms. The smallest absolute Gasteiger partial charge is 0.162 e. The van der Waals surface area contributed by atoms with E-state index in [9.17, 15) is 0 Å². The van der Waals surface area contributed by atoms with Crippen LogP contribution in [0.3, 0.4) is 0 Å². The highest BCUT2D eigenvalue weighted by molar-refractivity contribution is 4.78. The second kappa shape index (κ2) is 5.28. The van der Waals surface area contributed by atoms with Crippen molar-refractivity contribution in [3.8, 4) is 0 Å². The molecule has 1 N–H and O–H groups in total. The number of ether oxygens (including phenoxy) is 2. The van der Waals surface area contributed by atoms with Crippen LogP contribution in [0.1, 0.15) is 41.0 Å². The van der Waals surface area contributed by atoms with E-state index in [0.717, 1.165) is 13.2 Å². The highest BCUT2D eigenvalue weighted by atomic mass is 16.7. The molecular formula is C12H25NO2. The van der Waals surface area contributed by atoms with Crippen molar-refractivity contribution in [3.63, 3.8) is 0 Å². The molecule has 0 aromatic heterocycles. The minimum absolute atomic E-state index is 0.335. The molecule has 0 aromatic rings. The van der Waals surface area contributed by atoms with E-state index in [1.54, 1.807) is 0 Å². The Hall–Kier alpha value is -0.120. The van der Waals surface area contributed by atoms with Crippen LogP contribution in [0.4, 0.5) is 0 Å². The van der Waals surface area contributed by atoms with Crippen LogP contribution in [0.2, 0.25) is 0 Å². The first-order valence-electron chi connectivity index (χ1n) is 5.98. The average Bonchev–Trinajstić information content (AvgIpc) is 2.20. The Morgan fingerprint density at radius 3 is 2.27 bits per heavy atom. The van der Waals surface area contributed by atoms with Crippen molar-refractivity contribution in [3.05, 3.63) is 0 Å². The topological polar surface area (TPSA) is 30.5 Å². The normalized spacial score (nSPS) is 26.2. The Bertz CT molecular complexity index is 184. The monoisotopic (exact) mass is 215 g/mol. The van der Waals surface area contributed by atoms with Gasteiger partial charge < -0.3 is 14.8 Å². The van der Waals surface area contributed by atoms with Gasteiger partial charge in [0.1, 0.15) is 0 Å². The van der Waals surface area contributed by atoms with Gasteiger partial charge in [-0.2, -0.15) is 0 Å². The van der Waals surface area contributed by atoms with E-state index in [2.05, 4.69) is 26.1 Å².